The summed E-state index contributed by atoms with van der Waals surface area (Å²) < 4.78 is 0. The van der Waals surface area contributed by atoms with Crippen molar-refractivity contribution in [3.63, 3.8) is 0 Å². The van der Waals surface area contributed by atoms with E-state index in [0.29, 0.717) is 0 Å². The maximum atomic E-state index is 5.04. The van der Waals surface area contributed by atoms with Crippen LogP contribution >= 0.6 is 0 Å². The van der Waals surface area contributed by atoms with E-state index in [4.69, 9.17) is 6.42 Å². The van der Waals surface area contributed by atoms with Gasteiger partial charge in [0, 0.05) is 6.42 Å². The lowest BCUT2D eigenvalue weighted by Crippen LogP contribution is -1.66. The molecule has 0 nitrogen and oxygen atoms in total. The summed E-state index contributed by atoms with van der Waals surface area (Å²) in [4.78, 5) is 0. The molecule has 0 aliphatic carbocycles. The molecule has 0 N–H and O–H groups in total. The molecule has 44 valence electrons. The summed E-state index contributed by atoms with van der Waals surface area (Å²) in [5.74, 6) is 2.59. The molecule has 0 aromatic carbocycles. The molecule has 0 spiro atoms. The standard InChI is InChI=1S/C8H12/c1-3-5-7-8-6-4-2/h1,4,6H,5,7-8H2,2H3/b6-4+. The predicted octanol–water partition coefficient (Wildman–Crippen LogP) is 2.37. The van der Waals surface area contributed by atoms with Crippen LogP contribution in [0.2, 0.25) is 0 Å². The summed E-state index contributed by atoms with van der Waals surface area (Å²) >= 11 is 0. The van der Waals surface area contributed by atoms with Crippen LogP contribution in [0.1, 0.15) is 26.2 Å². The zero-order chi connectivity index (χ0) is 6.24. The second-order valence-corrected chi connectivity index (χ2v) is 1.67. The van der Waals surface area contributed by atoms with Gasteiger partial charge in [-0.15, -0.1) is 12.3 Å². The highest BCUT2D eigenvalue weighted by molar-refractivity contribution is 4.85. The van der Waals surface area contributed by atoms with Crippen molar-refractivity contribution in [2.45, 2.75) is 26.2 Å². The first-order chi connectivity index (χ1) is 3.91. The Morgan fingerprint density at radius 3 is 2.88 bits per heavy atom. The van der Waals surface area contributed by atoms with Gasteiger partial charge in [0.25, 0.3) is 0 Å². The minimum absolute atomic E-state index is 0.907. The summed E-state index contributed by atoms with van der Waals surface area (Å²) in [6.45, 7) is 2.02. The van der Waals surface area contributed by atoms with Crippen molar-refractivity contribution < 1.29 is 0 Å². The molecule has 0 heterocycles. The van der Waals surface area contributed by atoms with Gasteiger partial charge >= 0.3 is 0 Å². The van der Waals surface area contributed by atoms with Gasteiger partial charge in [-0.25, -0.2) is 0 Å². The van der Waals surface area contributed by atoms with E-state index in [0.717, 1.165) is 19.3 Å². The first kappa shape index (κ1) is 7.30. The van der Waals surface area contributed by atoms with E-state index in [1.54, 1.807) is 0 Å². The fourth-order valence-electron chi connectivity index (χ4n) is 0.489. The van der Waals surface area contributed by atoms with Crippen molar-refractivity contribution in [3.8, 4) is 12.3 Å². The summed E-state index contributed by atoms with van der Waals surface area (Å²) in [5.41, 5.74) is 0. The molecule has 0 bridgehead atoms. The Labute approximate surface area is 51.6 Å². The van der Waals surface area contributed by atoms with Crippen LogP contribution in [-0.4, -0.2) is 0 Å². The minimum atomic E-state index is 0.907. The van der Waals surface area contributed by atoms with Crippen molar-refractivity contribution in [2.75, 3.05) is 0 Å². The van der Waals surface area contributed by atoms with Crippen LogP contribution in [0, 0.1) is 12.3 Å². The molecule has 8 heavy (non-hydrogen) atoms. The number of hydrogen-bond donors (Lipinski definition) is 0. The Kier molecular flexibility index (Phi) is 5.75. The maximum Gasteiger partial charge on any atom is 0.00890 e. The average molecular weight is 108 g/mol. The molecule has 0 saturated carbocycles. The molecule has 0 atom stereocenters. The van der Waals surface area contributed by atoms with E-state index in [1.165, 1.54) is 0 Å². The Hall–Kier alpha value is -0.700. The predicted molar refractivity (Wildman–Crippen MR) is 37.5 cm³/mol. The third-order valence-electron chi connectivity index (χ3n) is 0.928. The van der Waals surface area contributed by atoms with Gasteiger partial charge in [0.05, 0.1) is 0 Å². The molecule has 0 aliphatic heterocycles. The molecule has 0 heteroatoms. The third kappa shape index (κ3) is 5.30. The highest BCUT2D eigenvalue weighted by Crippen LogP contribution is 1.93. The van der Waals surface area contributed by atoms with Gasteiger partial charge in [0.1, 0.15) is 0 Å². The van der Waals surface area contributed by atoms with E-state index in [9.17, 15) is 0 Å². The third-order valence-corrected chi connectivity index (χ3v) is 0.928. The lowest BCUT2D eigenvalue weighted by molar-refractivity contribution is 0.885. The van der Waals surface area contributed by atoms with Gasteiger partial charge in [0.15, 0.2) is 0 Å². The van der Waals surface area contributed by atoms with E-state index < -0.39 is 0 Å². The first-order valence-corrected chi connectivity index (χ1v) is 2.96. The largest absolute Gasteiger partial charge is 0.120 e. The van der Waals surface area contributed by atoms with Crippen molar-refractivity contribution >= 4 is 0 Å². The molecule has 0 aliphatic rings. The highest BCUT2D eigenvalue weighted by atomic mass is 13.8. The van der Waals surface area contributed by atoms with Crippen LogP contribution in [-0.2, 0) is 0 Å². The lowest BCUT2D eigenvalue weighted by Gasteiger charge is -1.83. The second kappa shape index (κ2) is 6.30. The Morgan fingerprint density at radius 2 is 2.38 bits per heavy atom. The molecule has 0 aromatic rings. The van der Waals surface area contributed by atoms with E-state index in [2.05, 4.69) is 18.1 Å². The fourth-order valence-corrected chi connectivity index (χ4v) is 0.489. The zero-order valence-corrected chi connectivity index (χ0v) is 5.35. The summed E-state index contributed by atoms with van der Waals surface area (Å²) in [5, 5.41) is 0. The Balaban J connectivity index is 2.85. The molecule has 0 fully saturated rings. The normalized spacial score (nSPS) is 9.50. The smallest absolute Gasteiger partial charge is 0.00890 e. The van der Waals surface area contributed by atoms with E-state index in [1.807, 2.05) is 6.92 Å². The van der Waals surface area contributed by atoms with Gasteiger partial charge in [-0.2, -0.15) is 0 Å². The summed E-state index contributed by atoms with van der Waals surface area (Å²) in [7, 11) is 0. The summed E-state index contributed by atoms with van der Waals surface area (Å²) in [6.07, 6.45) is 12.4. The van der Waals surface area contributed by atoms with Gasteiger partial charge in [0.2, 0.25) is 0 Å². The zero-order valence-electron chi connectivity index (χ0n) is 5.35. The molecule has 0 radical (unpaired) electrons. The van der Waals surface area contributed by atoms with E-state index >= 15 is 0 Å². The van der Waals surface area contributed by atoms with Crippen LogP contribution in [0.4, 0.5) is 0 Å². The van der Waals surface area contributed by atoms with Crippen LogP contribution in [0.5, 0.6) is 0 Å². The number of hydrogen-bond acceptors (Lipinski definition) is 0. The first-order valence-electron chi connectivity index (χ1n) is 2.96. The molecule has 0 rings (SSSR count). The monoisotopic (exact) mass is 108 g/mol. The number of rotatable bonds is 3. The Bertz CT molecular complexity index is 93.1. The SMILES string of the molecule is C#CCCC/C=C/C. The van der Waals surface area contributed by atoms with E-state index in [-0.39, 0.29) is 0 Å². The minimum Gasteiger partial charge on any atom is -0.120 e. The lowest BCUT2D eigenvalue weighted by atomic mass is 10.2. The number of terminal acetylenes is 1. The van der Waals surface area contributed by atoms with Gasteiger partial charge < -0.3 is 0 Å². The molecular formula is C8H12. The Morgan fingerprint density at radius 1 is 1.62 bits per heavy atom. The topological polar surface area (TPSA) is 0 Å². The molecule has 0 aromatic heterocycles. The van der Waals surface area contributed by atoms with Crippen LogP contribution < -0.4 is 0 Å². The molecule has 0 amide bonds. The van der Waals surface area contributed by atoms with Crippen LogP contribution in [0.15, 0.2) is 12.2 Å². The van der Waals surface area contributed by atoms with Gasteiger partial charge in [-0.05, 0) is 19.8 Å². The van der Waals surface area contributed by atoms with Crippen molar-refractivity contribution in [1.29, 1.82) is 0 Å². The number of allylic oxidation sites excluding steroid dienone is 2. The molecular weight excluding hydrogens is 96.1 g/mol. The van der Waals surface area contributed by atoms with Gasteiger partial charge in [-0.3, -0.25) is 0 Å². The quantitative estimate of drug-likeness (QED) is 0.296. The van der Waals surface area contributed by atoms with Crippen LogP contribution in [0.3, 0.4) is 0 Å². The van der Waals surface area contributed by atoms with Crippen LogP contribution in [0.25, 0.3) is 0 Å². The van der Waals surface area contributed by atoms with Crippen molar-refractivity contribution in [1.82, 2.24) is 0 Å². The second-order valence-electron chi connectivity index (χ2n) is 1.67. The van der Waals surface area contributed by atoms with Crippen molar-refractivity contribution in [3.05, 3.63) is 12.2 Å². The average Bonchev–Trinajstić information content (AvgIpc) is 1.81. The fraction of sp³-hybridized carbons (Fsp3) is 0.500. The number of unbranched alkanes of at least 4 members (excludes halogenated alkanes) is 2. The van der Waals surface area contributed by atoms with Crippen molar-refractivity contribution in [2.24, 2.45) is 0 Å². The summed E-state index contributed by atoms with van der Waals surface area (Å²) in [6, 6.07) is 0. The molecule has 0 unspecified atom stereocenters. The highest BCUT2D eigenvalue weighted by Gasteiger charge is 1.75. The van der Waals surface area contributed by atoms with Gasteiger partial charge in [-0.1, -0.05) is 12.2 Å². The molecule has 0 saturated heterocycles. The maximum absolute atomic E-state index is 5.04.